The van der Waals surface area contributed by atoms with E-state index in [2.05, 4.69) is 4.98 Å². The number of nitrogens with zero attached hydrogens (tertiary/aromatic N) is 1. The van der Waals surface area contributed by atoms with Crippen molar-refractivity contribution in [1.82, 2.24) is 4.98 Å². The Bertz CT molecular complexity index is 315. The van der Waals surface area contributed by atoms with Crippen molar-refractivity contribution >= 4 is 0 Å². The van der Waals surface area contributed by atoms with E-state index in [-0.39, 0.29) is 12.9 Å². The molecule has 0 bridgehead atoms. The Morgan fingerprint density at radius 1 is 1.22 bits per heavy atom. The standard InChI is InChI=1S/C13H21NO4/c1-3-13(16-4-2)18-8-7-17-12-6-5-11(10-15)14-9-12/h5-6,9,13,15H,3-4,7-8,10H2,1-2H3. The first kappa shape index (κ1) is 14.9. The molecule has 1 aromatic rings. The van der Waals surface area contributed by atoms with E-state index in [9.17, 15) is 0 Å². The SMILES string of the molecule is CCOC(CC)OCCOc1ccc(CO)nc1. The van der Waals surface area contributed by atoms with E-state index in [4.69, 9.17) is 19.3 Å². The Hall–Kier alpha value is -1.17. The topological polar surface area (TPSA) is 60.8 Å². The van der Waals surface area contributed by atoms with E-state index in [1.807, 2.05) is 13.8 Å². The summed E-state index contributed by atoms with van der Waals surface area (Å²) in [6, 6.07) is 3.50. The number of aliphatic hydroxyl groups is 1. The summed E-state index contributed by atoms with van der Waals surface area (Å²) < 4.78 is 16.3. The lowest BCUT2D eigenvalue weighted by Gasteiger charge is -2.15. The summed E-state index contributed by atoms with van der Waals surface area (Å²) in [6.45, 7) is 5.46. The van der Waals surface area contributed by atoms with Gasteiger partial charge in [0.2, 0.25) is 0 Å². The number of pyridine rings is 1. The summed E-state index contributed by atoms with van der Waals surface area (Å²) in [5.41, 5.74) is 0.626. The molecule has 102 valence electrons. The molecule has 0 amide bonds. The van der Waals surface area contributed by atoms with Crippen LogP contribution in [0, 0.1) is 0 Å². The first-order valence-corrected chi connectivity index (χ1v) is 6.21. The molecule has 1 rings (SSSR count). The Labute approximate surface area is 108 Å². The zero-order valence-corrected chi connectivity index (χ0v) is 11.0. The Morgan fingerprint density at radius 2 is 2.06 bits per heavy atom. The van der Waals surface area contributed by atoms with Crippen molar-refractivity contribution in [2.24, 2.45) is 0 Å². The molecule has 0 saturated heterocycles. The summed E-state index contributed by atoms with van der Waals surface area (Å²) >= 11 is 0. The normalized spacial score (nSPS) is 12.4. The molecule has 5 nitrogen and oxygen atoms in total. The highest BCUT2D eigenvalue weighted by Gasteiger charge is 2.04. The van der Waals surface area contributed by atoms with Crippen LogP contribution in [0.3, 0.4) is 0 Å². The third-order valence-electron chi connectivity index (χ3n) is 2.30. The van der Waals surface area contributed by atoms with E-state index in [1.54, 1.807) is 18.3 Å². The molecule has 0 aliphatic carbocycles. The molecular weight excluding hydrogens is 234 g/mol. The maximum Gasteiger partial charge on any atom is 0.157 e. The third kappa shape index (κ3) is 5.44. The van der Waals surface area contributed by atoms with E-state index in [0.717, 1.165) is 6.42 Å². The van der Waals surface area contributed by atoms with Gasteiger partial charge in [-0.15, -0.1) is 0 Å². The second-order valence-corrected chi connectivity index (χ2v) is 3.66. The molecule has 0 saturated carbocycles. The van der Waals surface area contributed by atoms with Crippen LogP contribution < -0.4 is 4.74 Å². The molecule has 0 aliphatic heterocycles. The number of hydrogen-bond donors (Lipinski definition) is 1. The fourth-order valence-electron chi connectivity index (χ4n) is 1.40. The van der Waals surface area contributed by atoms with Crippen molar-refractivity contribution in [3.05, 3.63) is 24.0 Å². The number of hydrogen-bond acceptors (Lipinski definition) is 5. The lowest BCUT2D eigenvalue weighted by atomic mass is 10.3. The predicted octanol–water partition coefficient (Wildman–Crippen LogP) is 1.74. The van der Waals surface area contributed by atoms with Crippen molar-refractivity contribution in [1.29, 1.82) is 0 Å². The van der Waals surface area contributed by atoms with Crippen LogP contribution in [0.1, 0.15) is 26.0 Å². The second-order valence-electron chi connectivity index (χ2n) is 3.66. The van der Waals surface area contributed by atoms with Crippen molar-refractivity contribution in [2.45, 2.75) is 33.2 Å². The molecule has 1 atom stereocenters. The quantitative estimate of drug-likeness (QED) is 0.538. The smallest absolute Gasteiger partial charge is 0.157 e. The minimum atomic E-state index is -0.159. The van der Waals surface area contributed by atoms with E-state index < -0.39 is 0 Å². The number of ether oxygens (including phenoxy) is 3. The molecule has 0 aliphatic rings. The van der Waals surface area contributed by atoms with Crippen LogP contribution >= 0.6 is 0 Å². The van der Waals surface area contributed by atoms with Crippen molar-refractivity contribution in [2.75, 3.05) is 19.8 Å². The zero-order valence-electron chi connectivity index (χ0n) is 11.0. The average molecular weight is 255 g/mol. The molecule has 0 radical (unpaired) electrons. The summed E-state index contributed by atoms with van der Waals surface area (Å²) in [6.07, 6.45) is 2.25. The largest absolute Gasteiger partial charge is 0.490 e. The fraction of sp³-hybridized carbons (Fsp3) is 0.615. The van der Waals surface area contributed by atoms with E-state index >= 15 is 0 Å². The van der Waals surface area contributed by atoms with Crippen molar-refractivity contribution in [3.63, 3.8) is 0 Å². The molecule has 1 aromatic heterocycles. The van der Waals surface area contributed by atoms with Gasteiger partial charge in [-0.1, -0.05) is 6.92 Å². The van der Waals surface area contributed by atoms with Crippen LogP contribution in [0.5, 0.6) is 5.75 Å². The van der Waals surface area contributed by atoms with Crippen molar-refractivity contribution in [3.8, 4) is 5.75 Å². The van der Waals surface area contributed by atoms with Gasteiger partial charge >= 0.3 is 0 Å². The highest BCUT2D eigenvalue weighted by molar-refractivity contribution is 5.19. The molecule has 5 heteroatoms. The highest BCUT2D eigenvalue weighted by atomic mass is 16.7. The lowest BCUT2D eigenvalue weighted by Crippen LogP contribution is -2.19. The summed E-state index contributed by atoms with van der Waals surface area (Å²) in [5, 5.41) is 8.84. The Kier molecular flexibility index (Phi) is 7.32. The molecule has 1 unspecified atom stereocenters. The molecular formula is C13H21NO4. The number of aromatic nitrogens is 1. The van der Waals surface area contributed by atoms with E-state index in [1.165, 1.54) is 0 Å². The molecule has 1 heterocycles. The molecule has 0 spiro atoms. The van der Waals surface area contributed by atoms with Gasteiger partial charge in [-0.05, 0) is 25.5 Å². The first-order chi connectivity index (χ1) is 8.80. The van der Waals surface area contributed by atoms with Crippen LogP contribution in [0.25, 0.3) is 0 Å². The van der Waals surface area contributed by atoms with Crippen LogP contribution in [-0.4, -0.2) is 36.2 Å². The lowest BCUT2D eigenvalue weighted by molar-refractivity contribution is -0.144. The number of rotatable bonds is 9. The maximum absolute atomic E-state index is 8.84. The first-order valence-electron chi connectivity index (χ1n) is 6.21. The van der Waals surface area contributed by atoms with Crippen LogP contribution in [-0.2, 0) is 16.1 Å². The Balaban J connectivity index is 2.20. The van der Waals surface area contributed by atoms with Gasteiger partial charge in [0.15, 0.2) is 6.29 Å². The van der Waals surface area contributed by atoms with Gasteiger partial charge < -0.3 is 19.3 Å². The second kappa shape index (κ2) is 8.85. The molecule has 18 heavy (non-hydrogen) atoms. The van der Waals surface area contributed by atoms with Crippen LogP contribution in [0.15, 0.2) is 18.3 Å². The third-order valence-corrected chi connectivity index (χ3v) is 2.30. The van der Waals surface area contributed by atoms with Gasteiger partial charge in [-0.2, -0.15) is 0 Å². The van der Waals surface area contributed by atoms with Crippen LogP contribution in [0.4, 0.5) is 0 Å². The summed E-state index contributed by atoms with van der Waals surface area (Å²) in [5.74, 6) is 0.667. The van der Waals surface area contributed by atoms with Gasteiger partial charge in [0.1, 0.15) is 12.4 Å². The molecule has 0 aromatic carbocycles. The van der Waals surface area contributed by atoms with Crippen LogP contribution in [0.2, 0.25) is 0 Å². The van der Waals surface area contributed by atoms with Gasteiger partial charge in [0, 0.05) is 6.61 Å². The van der Waals surface area contributed by atoms with Gasteiger partial charge in [-0.25, -0.2) is 0 Å². The maximum atomic E-state index is 8.84. The molecule has 0 fully saturated rings. The highest BCUT2D eigenvalue weighted by Crippen LogP contribution is 2.09. The number of aliphatic hydroxyl groups excluding tert-OH is 1. The minimum absolute atomic E-state index is 0.0596. The summed E-state index contributed by atoms with van der Waals surface area (Å²) in [4.78, 5) is 4.02. The van der Waals surface area contributed by atoms with E-state index in [0.29, 0.717) is 31.3 Å². The average Bonchev–Trinajstić information content (AvgIpc) is 2.43. The zero-order chi connectivity index (χ0) is 13.2. The monoisotopic (exact) mass is 255 g/mol. The Morgan fingerprint density at radius 3 is 2.61 bits per heavy atom. The molecule has 1 N–H and O–H groups in total. The minimum Gasteiger partial charge on any atom is -0.490 e. The summed E-state index contributed by atoms with van der Waals surface area (Å²) in [7, 11) is 0. The van der Waals surface area contributed by atoms with Gasteiger partial charge in [0.25, 0.3) is 0 Å². The fourth-order valence-corrected chi connectivity index (χ4v) is 1.40. The van der Waals surface area contributed by atoms with Crippen molar-refractivity contribution < 1.29 is 19.3 Å². The predicted molar refractivity (Wildman–Crippen MR) is 67.3 cm³/mol. The van der Waals surface area contributed by atoms with Gasteiger partial charge in [0.05, 0.1) is 25.1 Å². The van der Waals surface area contributed by atoms with Gasteiger partial charge in [-0.3, -0.25) is 4.98 Å².